The topological polar surface area (TPSA) is 67.9 Å². The number of aromatic amines is 1. The standard InChI is InChI=1S/C16H19N3O2S/c1-2-21-15(20)9-6-12-22-16-17-14(18-19-16)11-10-13-7-4-3-5-8-13/h3-5,7-8,10-11H,2,6,9,12H2,1H3,(H,17,18,19)/b11-10+. The summed E-state index contributed by atoms with van der Waals surface area (Å²) in [4.78, 5) is 15.6. The summed E-state index contributed by atoms with van der Waals surface area (Å²) < 4.78 is 4.88. The van der Waals surface area contributed by atoms with E-state index in [1.165, 1.54) is 11.8 Å². The molecule has 0 unspecified atom stereocenters. The maximum atomic E-state index is 11.2. The van der Waals surface area contributed by atoms with Gasteiger partial charge in [0.2, 0.25) is 5.16 Å². The van der Waals surface area contributed by atoms with Gasteiger partial charge in [-0.1, -0.05) is 48.2 Å². The third kappa shape index (κ3) is 5.73. The van der Waals surface area contributed by atoms with E-state index in [4.69, 9.17) is 4.74 Å². The van der Waals surface area contributed by atoms with E-state index in [9.17, 15) is 4.79 Å². The highest BCUT2D eigenvalue weighted by Crippen LogP contribution is 2.15. The maximum absolute atomic E-state index is 11.2. The lowest BCUT2D eigenvalue weighted by Gasteiger charge is -1.99. The molecule has 116 valence electrons. The normalized spacial score (nSPS) is 11.0. The van der Waals surface area contributed by atoms with E-state index in [1.807, 2.05) is 49.4 Å². The lowest BCUT2D eigenvalue weighted by atomic mass is 10.2. The monoisotopic (exact) mass is 317 g/mol. The highest BCUT2D eigenvalue weighted by Gasteiger charge is 2.04. The summed E-state index contributed by atoms with van der Waals surface area (Å²) in [6.07, 6.45) is 5.07. The first kappa shape index (κ1) is 16.3. The Morgan fingerprint density at radius 1 is 1.32 bits per heavy atom. The van der Waals surface area contributed by atoms with Gasteiger partial charge in [-0.05, 0) is 25.0 Å². The summed E-state index contributed by atoms with van der Waals surface area (Å²) in [5, 5.41) is 7.72. The van der Waals surface area contributed by atoms with E-state index in [2.05, 4.69) is 15.2 Å². The molecule has 2 aromatic rings. The second kappa shape index (κ2) is 9.04. The Bertz CT molecular complexity index is 611. The molecule has 22 heavy (non-hydrogen) atoms. The average molecular weight is 317 g/mol. The molecule has 0 radical (unpaired) electrons. The van der Waals surface area contributed by atoms with Crippen LogP contribution in [0.1, 0.15) is 31.2 Å². The predicted octanol–water partition coefficient (Wildman–Crippen LogP) is 3.41. The Kier molecular flexibility index (Phi) is 6.70. The van der Waals surface area contributed by atoms with Crippen molar-refractivity contribution >= 4 is 29.9 Å². The van der Waals surface area contributed by atoms with Crippen molar-refractivity contribution in [1.29, 1.82) is 0 Å². The van der Waals surface area contributed by atoms with Gasteiger partial charge < -0.3 is 4.74 Å². The van der Waals surface area contributed by atoms with Crippen molar-refractivity contribution < 1.29 is 9.53 Å². The van der Waals surface area contributed by atoms with Crippen LogP contribution in [0, 0.1) is 0 Å². The van der Waals surface area contributed by atoms with Crippen LogP contribution in [-0.4, -0.2) is 33.5 Å². The SMILES string of the molecule is CCOC(=O)CCCSc1n[nH]c(/C=C/c2ccccc2)n1. The predicted molar refractivity (Wildman–Crippen MR) is 88.3 cm³/mol. The Morgan fingerprint density at radius 2 is 2.14 bits per heavy atom. The van der Waals surface area contributed by atoms with Crippen LogP contribution in [0.2, 0.25) is 0 Å². The largest absolute Gasteiger partial charge is 0.466 e. The maximum Gasteiger partial charge on any atom is 0.305 e. The lowest BCUT2D eigenvalue weighted by Crippen LogP contribution is -2.03. The minimum atomic E-state index is -0.149. The molecule has 0 aliphatic rings. The number of hydrogen-bond donors (Lipinski definition) is 1. The first-order valence-corrected chi connectivity index (χ1v) is 8.20. The van der Waals surface area contributed by atoms with Crippen LogP contribution < -0.4 is 0 Å². The van der Waals surface area contributed by atoms with Crippen LogP contribution in [0.5, 0.6) is 0 Å². The van der Waals surface area contributed by atoms with Crippen LogP contribution in [0.4, 0.5) is 0 Å². The lowest BCUT2D eigenvalue weighted by molar-refractivity contribution is -0.143. The van der Waals surface area contributed by atoms with E-state index in [1.54, 1.807) is 0 Å². The average Bonchev–Trinajstić information content (AvgIpc) is 2.99. The molecule has 0 amide bonds. The summed E-state index contributed by atoms with van der Waals surface area (Å²) in [6, 6.07) is 10.0. The van der Waals surface area contributed by atoms with Crippen molar-refractivity contribution in [3.8, 4) is 0 Å². The van der Waals surface area contributed by atoms with Crippen LogP contribution in [-0.2, 0) is 9.53 Å². The van der Waals surface area contributed by atoms with Crippen LogP contribution in [0.15, 0.2) is 35.5 Å². The molecular formula is C16H19N3O2S. The molecule has 5 nitrogen and oxygen atoms in total. The summed E-state index contributed by atoms with van der Waals surface area (Å²) in [7, 11) is 0. The Labute approximate surface area is 134 Å². The molecule has 1 N–H and O–H groups in total. The Balaban J connectivity index is 1.75. The molecule has 0 saturated carbocycles. The summed E-state index contributed by atoms with van der Waals surface area (Å²) in [5.74, 6) is 1.36. The number of rotatable bonds is 8. The fourth-order valence-electron chi connectivity index (χ4n) is 1.75. The van der Waals surface area contributed by atoms with Crippen LogP contribution >= 0.6 is 11.8 Å². The molecular weight excluding hydrogens is 298 g/mol. The van der Waals surface area contributed by atoms with Crippen LogP contribution in [0.25, 0.3) is 12.2 Å². The van der Waals surface area contributed by atoms with Crippen molar-refractivity contribution in [1.82, 2.24) is 15.2 Å². The number of H-pyrrole nitrogens is 1. The molecule has 1 heterocycles. The van der Waals surface area contributed by atoms with Gasteiger partial charge in [-0.15, -0.1) is 5.10 Å². The Morgan fingerprint density at radius 3 is 2.91 bits per heavy atom. The molecule has 0 atom stereocenters. The molecule has 1 aromatic heterocycles. The first-order valence-electron chi connectivity index (χ1n) is 7.22. The summed E-state index contributed by atoms with van der Waals surface area (Å²) >= 11 is 1.53. The van der Waals surface area contributed by atoms with Crippen molar-refractivity contribution in [2.75, 3.05) is 12.4 Å². The molecule has 0 fully saturated rings. The number of aromatic nitrogens is 3. The van der Waals surface area contributed by atoms with Crippen molar-refractivity contribution in [3.05, 3.63) is 41.7 Å². The van der Waals surface area contributed by atoms with Gasteiger partial charge in [0, 0.05) is 12.2 Å². The molecule has 0 aliphatic carbocycles. The van der Waals surface area contributed by atoms with E-state index < -0.39 is 0 Å². The number of carbonyl (C=O) groups is 1. The number of hydrogen-bond acceptors (Lipinski definition) is 5. The second-order valence-corrected chi connectivity index (χ2v) is 5.57. The van der Waals surface area contributed by atoms with Crippen molar-refractivity contribution in [3.63, 3.8) is 0 Å². The second-order valence-electron chi connectivity index (χ2n) is 4.50. The van der Waals surface area contributed by atoms with E-state index in [-0.39, 0.29) is 5.97 Å². The van der Waals surface area contributed by atoms with E-state index in [0.717, 1.165) is 23.6 Å². The quantitative estimate of drug-likeness (QED) is 0.459. The van der Waals surface area contributed by atoms with Gasteiger partial charge in [0.05, 0.1) is 6.61 Å². The summed E-state index contributed by atoms with van der Waals surface area (Å²) in [6.45, 7) is 2.24. The van der Waals surface area contributed by atoms with Crippen LogP contribution in [0.3, 0.4) is 0 Å². The smallest absolute Gasteiger partial charge is 0.305 e. The number of thioether (sulfide) groups is 1. The number of ether oxygens (including phenoxy) is 1. The number of nitrogens with zero attached hydrogens (tertiary/aromatic N) is 2. The van der Waals surface area contributed by atoms with Gasteiger partial charge in [-0.2, -0.15) is 0 Å². The minimum absolute atomic E-state index is 0.149. The molecule has 6 heteroatoms. The van der Waals surface area contributed by atoms with Gasteiger partial charge in [0.1, 0.15) is 5.82 Å². The zero-order valence-corrected chi connectivity index (χ0v) is 13.3. The third-order valence-electron chi connectivity index (χ3n) is 2.78. The summed E-state index contributed by atoms with van der Waals surface area (Å²) in [5.41, 5.74) is 1.11. The van der Waals surface area contributed by atoms with E-state index >= 15 is 0 Å². The molecule has 0 bridgehead atoms. The highest BCUT2D eigenvalue weighted by molar-refractivity contribution is 7.99. The molecule has 2 rings (SSSR count). The molecule has 1 aromatic carbocycles. The highest BCUT2D eigenvalue weighted by atomic mass is 32.2. The fourth-order valence-corrected chi connectivity index (χ4v) is 2.49. The molecule has 0 saturated heterocycles. The fraction of sp³-hybridized carbons (Fsp3) is 0.312. The number of carbonyl (C=O) groups excluding carboxylic acids is 1. The van der Waals surface area contributed by atoms with Gasteiger partial charge in [-0.25, -0.2) is 4.98 Å². The number of nitrogens with one attached hydrogen (secondary N) is 1. The molecule has 0 aliphatic heterocycles. The van der Waals surface area contributed by atoms with Gasteiger partial charge in [0.25, 0.3) is 0 Å². The van der Waals surface area contributed by atoms with Gasteiger partial charge in [-0.3, -0.25) is 9.89 Å². The minimum Gasteiger partial charge on any atom is -0.466 e. The van der Waals surface area contributed by atoms with Gasteiger partial charge >= 0.3 is 5.97 Å². The van der Waals surface area contributed by atoms with Crippen molar-refractivity contribution in [2.24, 2.45) is 0 Å². The van der Waals surface area contributed by atoms with Gasteiger partial charge in [0.15, 0.2) is 0 Å². The van der Waals surface area contributed by atoms with E-state index in [0.29, 0.717) is 18.2 Å². The zero-order valence-electron chi connectivity index (χ0n) is 12.5. The molecule has 0 spiro atoms. The number of benzene rings is 1. The Hall–Kier alpha value is -2.08. The van der Waals surface area contributed by atoms with Crippen molar-refractivity contribution in [2.45, 2.75) is 24.9 Å². The first-order chi connectivity index (χ1) is 10.8. The zero-order chi connectivity index (χ0) is 15.6. The third-order valence-corrected chi connectivity index (χ3v) is 3.71. The number of esters is 1.